The maximum atomic E-state index is 13.0. The quantitative estimate of drug-likeness (QED) is 0.731. The number of halogens is 1. The molecule has 1 amide bonds. The van der Waals surface area contributed by atoms with E-state index in [1.54, 1.807) is 17.5 Å². The lowest BCUT2D eigenvalue weighted by atomic mass is 10.1. The number of aryl methyl sites for hydroxylation is 1. The van der Waals surface area contributed by atoms with Gasteiger partial charge in [-0.1, -0.05) is 6.07 Å². The van der Waals surface area contributed by atoms with Gasteiger partial charge in [-0.2, -0.15) is 5.10 Å². The molecular formula is C16H19ClN6OS. The summed E-state index contributed by atoms with van der Waals surface area (Å²) in [6.45, 7) is 2.10. The van der Waals surface area contributed by atoms with E-state index in [9.17, 15) is 4.79 Å². The molecule has 132 valence electrons. The van der Waals surface area contributed by atoms with Crippen molar-refractivity contribution in [2.45, 2.75) is 6.04 Å². The highest BCUT2D eigenvalue weighted by Crippen LogP contribution is 2.26. The lowest BCUT2D eigenvalue weighted by Gasteiger charge is -2.35. The highest BCUT2D eigenvalue weighted by molar-refractivity contribution is 7.13. The Morgan fingerprint density at radius 1 is 1.44 bits per heavy atom. The summed E-state index contributed by atoms with van der Waals surface area (Å²) >= 11 is 1.62. The number of imidazole rings is 1. The summed E-state index contributed by atoms with van der Waals surface area (Å²) in [7, 11) is 1.95. The van der Waals surface area contributed by atoms with E-state index in [2.05, 4.69) is 20.5 Å². The predicted molar refractivity (Wildman–Crippen MR) is 99.0 cm³/mol. The Kier molecular flexibility index (Phi) is 5.22. The molecule has 1 atom stereocenters. The van der Waals surface area contributed by atoms with E-state index < -0.39 is 0 Å². The number of rotatable bonds is 3. The second-order valence-electron chi connectivity index (χ2n) is 5.76. The van der Waals surface area contributed by atoms with Gasteiger partial charge in [0, 0.05) is 39.1 Å². The Morgan fingerprint density at radius 3 is 3.04 bits per heavy atom. The molecule has 0 aliphatic carbocycles. The smallest absolute Gasteiger partial charge is 0.275 e. The molecular weight excluding hydrogens is 360 g/mol. The van der Waals surface area contributed by atoms with Crippen LogP contribution in [-0.2, 0) is 7.05 Å². The number of hydrogen-bond donors (Lipinski definition) is 2. The van der Waals surface area contributed by atoms with Crippen molar-refractivity contribution in [2.75, 3.05) is 19.6 Å². The molecule has 0 saturated carbocycles. The molecule has 3 aromatic rings. The Hall–Kier alpha value is -2.16. The first-order valence-corrected chi connectivity index (χ1v) is 8.70. The van der Waals surface area contributed by atoms with Crippen LogP contribution in [0.1, 0.15) is 22.4 Å². The first kappa shape index (κ1) is 17.7. The van der Waals surface area contributed by atoms with Crippen molar-refractivity contribution in [1.82, 2.24) is 30.0 Å². The fraction of sp³-hybridized carbons (Fsp3) is 0.312. The molecule has 1 fully saturated rings. The van der Waals surface area contributed by atoms with Gasteiger partial charge in [-0.15, -0.1) is 23.7 Å². The molecule has 4 rings (SSSR count). The number of amides is 1. The number of carbonyl (C=O) groups is 1. The van der Waals surface area contributed by atoms with Crippen molar-refractivity contribution in [3.8, 4) is 10.6 Å². The topological polar surface area (TPSA) is 78.8 Å². The second kappa shape index (κ2) is 7.38. The van der Waals surface area contributed by atoms with Gasteiger partial charge in [0.1, 0.15) is 11.9 Å². The van der Waals surface area contributed by atoms with Crippen molar-refractivity contribution >= 4 is 29.7 Å². The molecule has 1 aliphatic heterocycles. The summed E-state index contributed by atoms with van der Waals surface area (Å²) in [5, 5.41) is 12.5. The lowest BCUT2D eigenvalue weighted by molar-refractivity contribution is 0.0614. The number of nitrogens with one attached hydrogen (secondary N) is 2. The number of H-pyrrole nitrogens is 1. The molecule has 1 saturated heterocycles. The van der Waals surface area contributed by atoms with Crippen LogP contribution in [0.15, 0.2) is 36.0 Å². The van der Waals surface area contributed by atoms with Gasteiger partial charge in [-0.3, -0.25) is 9.89 Å². The molecule has 4 heterocycles. The summed E-state index contributed by atoms with van der Waals surface area (Å²) < 4.78 is 1.96. The van der Waals surface area contributed by atoms with Gasteiger partial charge in [-0.05, 0) is 17.5 Å². The summed E-state index contributed by atoms with van der Waals surface area (Å²) in [4.78, 5) is 20.3. The van der Waals surface area contributed by atoms with Gasteiger partial charge in [0.2, 0.25) is 0 Å². The third-order valence-corrected chi connectivity index (χ3v) is 5.15. The van der Waals surface area contributed by atoms with Gasteiger partial charge in [0.15, 0.2) is 5.69 Å². The van der Waals surface area contributed by atoms with E-state index >= 15 is 0 Å². The standard InChI is InChI=1S/C16H18N6OS.ClH/c1-21-6-5-18-15(21)13-10-17-4-7-22(13)16(23)12-9-11(19-20-12)14-3-2-8-24-14;/h2-3,5-6,8-9,13,17H,4,7,10H2,1H3,(H,19,20);1H. The molecule has 0 radical (unpaired) electrons. The molecule has 25 heavy (non-hydrogen) atoms. The molecule has 0 bridgehead atoms. The molecule has 0 aromatic carbocycles. The molecule has 7 nitrogen and oxygen atoms in total. The van der Waals surface area contributed by atoms with Crippen LogP contribution in [0.5, 0.6) is 0 Å². The monoisotopic (exact) mass is 378 g/mol. The van der Waals surface area contributed by atoms with Crippen molar-refractivity contribution < 1.29 is 4.79 Å². The van der Waals surface area contributed by atoms with Crippen LogP contribution in [-0.4, -0.2) is 50.2 Å². The van der Waals surface area contributed by atoms with Gasteiger partial charge in [0.05, 0.1) is 10.6 Å². The highest BCUT2D eigenvalue weighted by atomic mass is 35.5. The second-order valence-corrected chi connectivity index (χ2v) is 6.71. The Labute approximate surface area is 155 Å². The first-order chi connectivity index (χ1) is 11.7. The highest BCUT2D eigenvalue weighted by Gasteiger charge is 2.32. The molecule has 1 aliphatic rings. The lowest BCUT2D eigenvalue weighted by Crippen LogP contribution is -2.49. The molecule has 9 heteroatoms. The minimum absolute atomic E-state index is 0. The van der Waals surface area contributed by atoms with E-state index in [1.807, 2.05) is 46.3 Å². The Morgan fingerprint density at radius 2 is 2.32 bits per heavy atom. The number of aromatic amines is 1. The van der Waals surface area contributed by atoms with Crippen LogP contribution < -0.4 is 5.32 Å². The minimum Gasteiger partial charge on any atom is -0.336 e. The Bertz CT molecular complexity index is 843. The van der Waals surface area contributed by atoms with Crippen LogP contribution in [0, 0.1) is 0 Å². The van der Waals surface area contributed by atoms with Crippen LogP contribution in [0.3, 0.4) is 0 Å². The zero-order valence-corrected chi connectivity index (χ0v) is 15.3. The Balaban J connectivity index is 0.00000182. The van der Waals surface area contributed by atoms with Crippen LogP contribution in [0.25, 0.3) is 10.6 Å². The number of thiophene rings is 1. The van der Waals surface area contributed by atoms with Gasteiger partial charge < -0.3 is 14.8 Å². The fourth-order valence-electron chi connectivity index (χ4n) is 3.01. The van der Waals surface area contributed by atoms with E-state index in [-0.39, 0.29) is 24.4 Å². The van der Waals surface area contributed by atoms with Crippen molar-refractivity contribution in [3.05, 3.63) is 47.5 Å². The van der Waals surface area contributed by atoms with Gasteiger partial charge >= 0.3 is 0 Å². The summed E-state index contributed by atoms with van der Waals surface area (Å²) in [6, 6.07) is 5.73. The summed E-state index contributed by atoms with van der Waals surface area (Å²) in [6.07, 6.45) is 3.66. The number of hydrogen-bond acceptors (Lipinski definition) is 5. The first-order valence-electron chi connectivity index (χ1n) is 7.82. The molecule has 2 N–H and O–H groups in total. The van der Waals surface area contributed by atoms with E-state index in [1.165, 1.54) is 0 Å². The molecule has 1 unspecified atom stereocenters. The third kappa shape index (κ3) is 3.33. The van der Waals surface area contributed by atoms with Crippen LogP contribution in [0.2, 0.25) is 0 Å². The number of nitrogens with zero attached hydrogens (tertiary/aromatic N) is 4. The number of aromatic nitrogens is 4. The fourth-order valence-corrected chi connectivity index (χ4v) is 3.71. The largest absolute Gasteiger partial charge is 0.336 e. The summed E-state index contributed by atoms with van der Waals surface area (Å²) in [5.74, 6) is 0.813. The average molecular weight is 379 g/mol. The van der Waals surface area contributed by atoms with Crippen molar-refractivity contribution in [3.63, 3.8) is 0 Å². The number of piperazine rings is 1. The number of carbonyl (C=O) groups excluding carboxylic acids is 1. The minimum atomic E-state index is -0.0897. The normalized spacial score (nSPS) is 17.3. The van der Waals surface area contributed by atoms with Gasteiger partial charge in [-0.25, -0.2) is 4.98 Å². The maximum Gasteiger partial charge on any atom is 0.275 e. The van der Waals surface area contributed by atoms with E-state index in [0.29, 0.717) is 18.8 Å². The maximum absolute atomic E-state index is 13.0. The average Bonchev–Trinajstić information content (AvgIpc) is 3.35. The zero-order valence-electron chi connectivity index (χ0n) is 13.7. The van der Waals surface area contributed by atoms with Crippen molar-refractivity contribution in [2.24, 2.45) is 7.05 Å². The molecule has 0 spiro atoms. The van der Waals surface area contributed by atoms with E-state index in [0.717, 1.165) is 22.9 Å². The zero-order chi connectivity index (χ0) is 16.5. The van der Waals surface area contributed by atoms with Gasteiger partial charge in [0.25, 0.3) is 5.91 Å². The molecule has 3 aromatic heterocycles. The third-order valence-electron chi connectivity index (χ3n) is 4.24. The van der Waals surface area contributed by atoms with Crippen LogP contribution in [0.4, 0.5) is 0 Å². The van der Waals surface area contributed by atoms with Crippen molar-refractivity contribution in [1.29, 1.82) is 0 Å². The summed E-state index contributed by atoms with van der Waals surface area (Å²) in [5.41, 5.74) is 1.32. The van der Waals surface area contributed by atoms with Crippen LogP contribution >= 0.6 is 23.7 Å². The SMILES string of the molecule is Cl.Cn1ccnc1C1CNCCN1C(=O)c1cc(-c2cccs2)[nH]n1. The predicted octanol–water partition coefficient (Wildman–Crippen LogP) is 2.08. The van der Waals surface area contributed by atoms with E-state index in [4.69, 9.17) is 0 Å².